The van der Waals surface area contributed by atoms with Crippen molar-refractivity contribution in [3.63, 3.8) is 0 Å². The van der Waals surface area contributed by atoms with Crippen LogP contribution in [0.3, 0.4) is 0 Å². The quantitative estimate of drug-likeness (QED) is 0.488. The van der Waals surface area contributed by atoms with Crippen LogP contribution in [0, 0.1) is 52.3 Å². The molecule has 4 fully saturated rings. The van der Waals surface area contributed by atoms with Crippen molar-refractivity contribution < 1.29 is 9.84 Å². The predicted molar refractivity (Wildman–Crippen MR) is 139 cm³/mol. The van der Waals surface area contributed by atoms with Crippen molar-refractivity contribution in [3.8, 4) is 6.07 Å². The highest BCUT2D eigenvalue weighted by Gasteiger charge is 2.58. The fourth-order valence-electron chi connectivity index (χ4n) is 9.33. The second-order valence-electron chi connectivity index (χ2n) is 12.5. The fraction of sp³-hybridized carbons (Fsp3) is 0.800. The van der Waals surface area contributed by atoms with E-state index in [2.05, 4.69) is 30.2 Å². The first kappa shape index (κ1) is 25.0. The zero-order chi connectivity index (χ0) is 24.6. The minimum atomic E-state index is -0.591. The van der Waals surface area contributed by atoms with Gasteiger partial charge >= 0.3 is 0 Å². The van der Waals surface area contributed by atoms with E-state index in [1.54, 1.807) is 0 Å². The zero-order valence-corrected chi connectivity index (χ0v) is 22.0. The van der Waals surface area contributed by atoms with Crippen LogP contribution in [-0.4, -0.2) is 34.9 Å². The number of nitrogens with zero attached hydrogens (tertiary/aromatic N) is 2. The molecule has 1 heterocycles. The molecule has 2 N–H and O–H groups in total. The summed E-state index contributed by atoms with van der Waals surface area (Å²) in [6.07, 6.45) is 14.1. The molecule has 1 unspecified atom stereocenters. The average Bonchev–Trinajstić information content (AvgIpc) is 3.23. The molecule has 5 rings (SSSR count). The van der Waals surface area contributed by atoms with E-state index in [0.29, 0.717) is 42.2 Å². The van der Waals surface area contributed by atoms with Gasteiger partial charge in [0.1, 0.15) is 11.8 Å². The largest absolute Gasteiger partial charge is 0.387 e. The average molecular weight is 480 g/mol. The molecule has 4 aliphatic rings. The first-order chi connectivity index (χ1) is 16.9. The van der Waals surface area contributed by atoms with Gasteiger partial charge in [-0.3, -0.25) is 0 Å². The molecule has 9 atom stereocenters. The number of fused-ring (bicyclic) bond motifs is 5. The molecule has 0 bridgehead atoms. The molecule has 0 radical (unpaired) electrons. The van der Waals surface area contributed by atoms with Crippen LogP contribution < -0.4 is 5.32 Å². The van der Waals surface area contributed by atoms with E-state index in [9.17, 15) is 5.11 Å². The van der Waals surface area contributed by atoms with Crippen LogP contribution in [0.1, 0.15) is 90.7 Å². The lowest BCUT2D eigenvalue weighted by atomic mass is 9.48. The van der Waals surface area contributed by atoms with Gasteiger partial charge in [0.25, 0.3) is 0 Å². The number of anilines is 1. The first-order valence-corrected chi connectivity index (χ1v) is 14.3. The third kappa shape index (κ3) is 4.62. The van der Waals surface area contributed by atoms with Crippen molar-refractivity contribution >= 4 is 5.69 Å². The zero-order valence-electron chi connectivity index (χ0n) is 22.0. The van der Waals surface area contributed by atoms with E-state index in [-0.39, 0.29) is 0 Å². The van der Waals surface area contributed by atoms with E-state index >= 15 is 0 Å². The van der Waals surface area contributed by atoms with E-state index in [4.69, 9.17) is 10.00 Å². The highest BCUT2D eigenvalue weighted by Crippen LogP contribution is 2.65. The maximum Gasteiger partial charge on any atom is 0.140 e. The molecular weight excluding hydrogens is 434 g/mol. The molecule has 4 aliphatic carbocycles. The number of pyridine rings is 1. The third-order valence-electron chi connectivity index (χ3n) is 10.9. The molecule has 5 heteroatoms. The Morgan fingerprint density at radius 3 is 2.66 bits per heavy atom. The summed E-state index contributed by atoms with van der Waals surface area (Å²) in [5.74, 6) is 4.75. The maximum absolute atomic E-state index is 11.1. The van der Waals surface area contributed by atoms with Crippen LogP contribution in [0.25, 0.3) is 0 Å². The summed E-state index contributed by atoms with van der Waals surface area (Å²) in [7, 11) is 0. The van der Waals surface area contributed by atoms with Gasteiger partial charge in [-0.2, -0.15) is 5.26 Å². The summed E-state index contributed by atoms with van der Waals surface area (Å²) >= 11 is 0. The lowest BCUT2D eigenvalue weighted by Crippen LogP contribution is -2.52. The molecule has 1 aromatic rings. The van der Waals surface area contributed by atoms with E-state index in [1.807, 2.05) is 25.3 Å². The van der Waals surface area contributed by atoms with Crippen molar-refractivity contribution in [1.82, 2.24) is 4.98 Å². The van der Waals surface area contributed by atoms with Crippen molar-refractivity contribution in [1.29, 1.82) is 5.26 Å². The number of rotatable bonds is 7. The van der Waals surface area contributed by atoms with Gasteiger partial charge in [0.2, 0.25) is 0 Å². The van der Waals surface area contributed by atoms with Gasteiger partial charge < -0.3 is 15.2 Å². The third-order valence-corrected chi connectivity index (χ3v) is 10.9. The number of hydrogen-bond acceptors (Lipinski definition) is 5. The monoisotopic (exact) mass is 479 g/mol. The lowest BCUT2D eigenvalue weighted by molar-refractivity contribution is -0.128. The van der Waals surface area contributed by atoms with Crippen LogP contribution in [0.5, 0.6) is 0 Å². The van der Waals surface area contributed by atoms with Crippen molar-refractivity contribution in [2.45, 2.75) is 96.6 Å². The molecule has 0 spiro atoms. The van der Waals surface area contributed by atoms with E-state index in [0.717, 1.165) is 48.6 Å². The highest BCUT2D eigenvalue weighted by atomic mass is 16.5. The first-order valence-electron chi connectivity index (χ1n) is 14.3. The standard InChI is InChI=1S/C30H45N3O2/c1-4-28(33-22-8-7-21(17-31)32-18-22)27-11-10-26-25-9-6-20-16-30(34,19-35-5-2)15-13-23(20)24(25)12-14-29(26,27)3/h7-8,18,20,23-28,33-34H,4-6,9-16,19H2,1-3H3/t20-,23+,24-,25-,26+,27?,28+,29+,30-/m1/s1. The van der Waals surface area contributed by atoms with Crippen molar-refractivity contribution in [3.05, 3.63) is 24.0 Å². The van der Waals surface area contributed by atoms with Gasteiger partial charge in [-0.25, -0.2) is 4.98 Å². The minimum absolute atomic E-state index is 0.409. The van der Waals surface area contributed by atoms with Gasteiger partial charge in [0.15, 0.2) is 0 Å². The Morgan fingerprint density at radius 1 is 1.11 bits per heavy atom. The minimum Gasteiger partial charge on any atom is -0.387 e. The normalized spacial score (nSPS) is 41.2. The summed E-state index contributed by atoms with van der Waals surface area (Å²) in [4.78, 5) is 4.28. The predicted octanol–water partition coefficient (Wildman–Crippen LogP) is 6.18. The summed E-state index contributed by atoms with van der Waals surface area (Å²) in [5.41, 5.74) is 1.33. The molecule has 0 aromatic carbocycles. The van der Waals surface area contributed by atoms with Gasteiger partial charge in [0.05, 0.1) is 24.1 Å². The molecule has 1 aromatic heterocycles. The van der Waals surface area contributed by atoms with Crippen LogP contribution >= 0.6 is 0 Å². The van der Waals surface area contributed by atoms with E-state index in [1.165, 1.54) is 44.9 Å². The number of aliphatic hydroxyl groups is 1. The van der Waals surface area contributed by atoms with Gasteiger partial charge in [0, 0.05) is 12.6 Å². The molecule has 4 saturated carbocycles. The van der Waals surface area contributed by atoms with Gasteiger partial charge in [-0.15, -0.1) is 0 Å². The Hall–Kier alpha value is -1.64. The van der Waals surface area contributed by atoms with E-state index < -0.39 is 5.60 Å². The summed E-state index contributed by atoms with van der Waals surface area (Å²) < 4.78 is 5.66. The maximum atomic E-state index is 11.1. The highest BCUT2D eigenvalue weighted by molar-refractivity contribution is 5.44. The number of nitriles is 1. The Bertz CT molecular complexity index is 913. The lowest BCUT2D eigenvalue weighted by Gasteiger charge is -2.57. The molecule has 0 aliphatic heterocycles. The Labute approximate surface area is 212 Å². The molecular formula is C30H45N3O2. The number of ether oxygens (including phenoxy) is 1. The summed E-state index contributed by atoms with van der Waals surface area (Å²) in [5, 5.41) is 24.0. The molecule has 35 heavy (non-hydrogen) atoms. The molecule has 5 nitrogen and oxygen atoms in total. The number of aromatic nitrogens is 1. The fourth-order valence-corrected chi connectivity index (χ4v) is 9.33. The van der Waals surface area contributed by atoms with Crippen molar-refractivity contribution in [2.75, 3.05) is 18.5 Å². The summed E-state index contributed by atoms with van der Waals surface area (Å²) in [6, 6.07) is 6.40. The Balaban J connectivity index is 1.27. The molecule has 0 amide bonds. The summed E-state index contributed by atoms with van der Waals surface area (Å²) in [6.45, 7) is 8.16. The number of nitrogens with one attached hydrogen (secondary N) is 1. The smallest absolute Gasteiger partial charge is 0.140 e. The van der Waals surface area contributed by atoms with Crippen LogP contribution in [0.15, 0.2) is 18.3 Å². The Morgan fingerprint density at radius 2 is 1.94 bits per heavy atom. The van der Waals surface area contributed by atoms with Gasteiger partial charge in [-0.1, -0.05) is 13.8 Å². The van der Waals surface area contributed by atoms with Gasteiger partial charge in [-0.05, 0) is 124 Å². The van der Waals surface area contributed by atoms with Crippen molar-refractivity contribution in [2.24, 2.45) is 40.9 Å². The van der Waals surface area contributed by atoms with Crippen LogP contribution in [0.4, 0.5) is 5.69 Å². The van der Waals surface area contributed by atoms with Crippen LogP contribution in [-0.2, 0) is 4.74 Å². The second kappa shape index (κ2) is 10.0. The van der Waals surface area contributed by atoms with Crippen LogP contribution in [0.2, 0.25) is 0 Å². The second-order valence-corrected chi connectivity index (χ2v) is 12.5. The topological polar surface area (TPSA) is 78.2 Å². The SMILES string of the molecule is CCOC[C@@]1(O)CC[C@H]2[C@H](CC[C@@H]3[C@@H]2CC[C@]2(C)C([C@H](CC)Nc4ccc(C#N)nc4)CC[C@@H]32)C1. The Kier molecular flexibility index (Phi) is 7.16. The molecule has 192 valence electrons. The molecule has 0 saturated heterocycles. The number of hydrogen-bond donors (Lipinski definition) is 2.